The van der Waals surface area contributed by atoms with Crippen LogP contribution in [0.4, 0.5) is 5.69 Å². The molecule has 0 heterocycles. The molecule has 1 aromatic carbocycles. The third kappa shape index (κ3) is 1.44. The van der Waals surface area contributed by atoms with Gasteiger partial charge in [0.1, 0.15) is 5.56 Å². The highest BCUT2D eigenvalue weighted by Crippen LogP contribution is 2.36. The summed E-state index contributed by atoms with van der Waals surface area (Å²) in [6.45, 7) is 1.64. The van der Waals surface area contributed by atoms with Gasteiger partial charge in [-0.05, 0) is 13.0 Å². The van der Waals surface area contributed by atoms with Crippen LogP contribution in [0.25, 0.3) is 0 Å². The number of hydrogen-bond donors (Lipinski definition) is 3. The number of ether oxygens (including phenoxy) is 1. The number of aromatic carboxylic acids is 1. The normalized spacial score (nSPS) is 9.86. The maximum absolute atomic E-state index is 10.7. The molecule has 5 heteroatoms. The van der Waals surface area contributed by atoms with Crippen LogP contribution in [0, 0.1) is 6.92 Å². The molecule has 14 heavy (non-hydrogen) atoms. The van der Waals surface area contributed by atoms with Gasteiger partial charge in [-0.3, -0.25) is 0 Å². The minimum Gasteiger partial charge on any atom is -0.504 e. The van der Waals surface area contributed by atoms with Crippen LogP contribution in [0.2, 0.25) is 0 Å². The monoisotopic (exact) mass is 197 g/mol. The van der Waals surface area contributed by atoms with E-state index in [1.165, 1.54) is 13.2 Å². The number of methoxy groups -OCH3 is 1. The molecule has 0 saturated carbocycles. The lowest BCUT2D eigenvalue weighted by molar-refractivity contribution is 0.0693. The second kappa shape index (κ2) is 3.45. The van der Waals surface area contributed by atoms with Crippen LogP contribution in [0.1, 0.15) is 15.9 Å². The van der Waals surface area contributed by atoms with E-state index >= 15 is 0 Å². The molecule has 0 saturated heterocycles. The van der Waals surface area contributed by atoms with Gasteiger partial charge in [-0.1, -0.05) is 0 Å². The van der Waals surface area contributed by atoms with E-state index in [2.05, 4.69) is 0 Å². The number of hydrogen-bond acceptors (Lipinski definition) is 4. The maximum Gasteiger partial charge on any atom is 0.339 e. The van der Waals surface area contributed by atoms with Crippen molar-refractivity contribution in [1.29, 1.82) is 0 Å². The van der Waals surface area contributed by atoms with Gasteiger partial charge < -0.3 is 20.7 Å². The van der Waals surface area contributed by atoms with Crippen molar-refractivity contribution in [3.63, 3.8) is 0 Å². The Hall–Kier alpha value is -1.91. The Kier molecular flexibility index (Phi) is 2.51. The fourth-order valence-electron chi connectivity index (χ4n) is 1.18. The molecule has 1 aromatic rings. The maximum atomic E-state index is 10.7. The molecular weight excluding hydrogens is 186 g/mol. The molecule has 0 unspecified atom stereocenters. The zero-order valence-corrected chi connectivity index (χ0v) is 7.87. The van der Waals surface area contributed by atoms with Crippen molar-refractivity contribution in [2.24, 2.45) is 0 Å². The number of anilines is 1. The summed E-state index contributed by atoms with van der Waals surface area (Å²) in [5.41, 5.74) is 6.09. The van der Waals surface area contributed by atoms with Crippen LogP contribution in [-0.4, -0.2) is 23.3 Å². The number of aromatic hydroxyl groups is 1. The smallest absolute Gasteiger partial charge is 0.339 e. The molecule has 76 valence electrons. The van der Waals surface area contributed by atoms with Gasteiger partial charge in [-0.25, -0.2) is 4.79 Å². The summed E-state index contributed by atoms with van der Waals surface area (Å²) in [5, 5.41) is 18.2. The molecule has 0 aliphatic heterocycles. The van der Waals surface area contributed by atoms with Gasteiger partial charge in [0, 0.05) is 11.3 Å². The lowest BCUT2D eigenvalue weighted by Gasteiger charge is -2.11. The molecule has 1 rings (SSSR count). The minimum absolute atomic E-state index is 0.0994. The molecule has 0 fully saturated rings. The first-order valence-electron chi connectivity index (χ1n) is 3.88. The molecule has 0 aliphatic rings. The van der Waals surface area contributed by atoms with Crippen LogP contribution in [0.15, 0.2) is 6.07 Å². The molecule has 0 amide bonds. The van der Waals surface area contributed by atoms with Crippen molar-refractivity contribution in [2.75, 3.05) is 12.8 Å². The molecule has 0 spiro atoms. The first-order valence-corrected chi connectivity index (χ1v) is 3.88. The lowest BCUT2D eigenvalue weighted by Crippen LogP contribution is -2.03. The number of carboxylic acids is 1. The summed E-state index contributed by atoms with van der Waals surface area (Å²) in [5.74, 6) is -1.54. The molecular formula is C9H11NO4. The highest BCUT2D eigenvalue weighted by atomic mass is 16.5. The summed E-state index contributed by atoms with van der Waals surface area (Å²) in [4.78, 5) is 10.7. The van der Waals surface area contributed by atoms with Gasteiger partial charge in [-0.15, -0.1) is 0 Å². The number of nitrogen functional groups attached to an aromatic ring is 1. The number of carboxylic acid groups (broad SMARTS) is 1. The van der Waals surface area contributed by atoms with E-state index < -0.39 is 11.7 Å². The Bertz CT molecular complexity index is 387. The number of rotatable bonds is 2. The average Bonchev–Trinajstić information content (AvgIpc) is 2.12. The molecule has 0 atom stereocenters. The third-order valence-electron chi connectivity index (χ3n) is 1.98. The van der Waals surface area contributed by atoms with Crippen molar-refractivity contribution in [1.82, 2.24) is 0 Å². The largest absolute Gasteiger partial charge is 0.504 e. The molecule has 0 aromatic heterocycles. The predicted octanol–water partition coefficient (Wildman–Crippen LogP) is 0.990. The van der Waals surface area contributed by atoms with Gasteiger partial charge in [0.05, 0.1) is 7.11 Å². The van der Waals surface area contributed by atoms with E-state index in [1.54, 1.807) is 6.92 Å². The van der Waals surface area contributed by atoms with E-state index in [4.69, 9.17) is 15.6 Å². The van der Waals surface area contributed by atoms with Crippen molar-refractivity contribution in [3.8, 4) is 11.5 Å². The molecule has 5 nitrogen and oxygen atoms in total. The Morgan fingerprint density at radius 3 is 2.57 bits per heavy atom. The second-order valence-electron chi connectivity index (χ2n) is 2.83. The third-order valence-corrected chi connectivity index (χ3v) is 1.98. The van der Waals surface area contributed by atoms with Crippen molar-refractivity contribution >= 4 is 11.7 Å². The Balaban J connectivity index is 3.50. The minimum atomic E-state index is -1.24. The van der Waals surface area contributed by atoms with Crippen LogP contribution in [0.3, 0.4) is 0 Å². The van der Waals surface area contributed by atoms with Crippen molar-refractivity contribution < 1.29 is 19.7 Å². The lowest BCUT2D eigenvalue weighted by atomic mass is 10.1. The number of nitrogens with two attached hydrogens (primary N) is 1. The standard InChI is InChI=1S/C9H11NO4/c1-4-6(10)3-5(9(12)13)7(11)8(4)14-2/h3,11H,10H2,1-2H3,(H,12,13). The Labute approximate surface area is 80.7 Å². The summed E-state index contributed by atoms with van der Waals surface area (Å²) >= 11 is 0. The SMILES string of the molecule is COc1c(C)c(N)cc(C(=O)O)c1O. The number of phenols is 1. The van der Waals surface area contributed by atoms with E-state index in [0.717, 1.165) is 0 Å². The predicted molar refractivity (Wildman–Crippen MR) is 50.8 cm³/mol. The summed E-state index contributed by atoms with van der Waals surface area (Å²) < 4.78 is 4.85. The Morgan fingerprint density at radius 1 is 1.57 bits per heavy atom. The zero-order valence-electron chi connectivity index (χ0n) is 7.87. The molecule has 0 aliphatic carbocycles. The van der Waals surface area contributed by atoms with E-state index in [1.807, 2.05) is 0 Å². The van der Waals surface area contributed by atoms with Crippen LogP contribution in [-0.2, 0) is 0 Å². The highest BCUT2D eigenvalue weighted by Gasteiger charge is 2.18. The molecule has 0 bridgehead atoms. The fourth-order valence-corrected chi connectivity index (χ4v) is 1.18. The summed E-state index contributed by atoms with van der Waals surface area (Å²) in [6, 6.07) is 1.20. The highest BCUT2D eigenvalue weighted by molar-refractivity contribution is 5.93. The quantitative estimate of drug-likeness (QED) is 0.485. The van der Waals surface area contributed by atoms with Gasteiger partial charge >= 0.3 is 5.97 Å². The van der Waals surface area contributed by atoms with Gasteiger partial charge in [0.2, 0.25) is 0 Å². The number of benzene rings is 1. The Morgan fingerprint density at radius 2 is 2.14 bits per heavy atom. The second-order valence-corrected chi connectivity index (χ2v) is 2.83. The molecule has 4 N–H and O–H groups in total. The van der Waals surface area contributed by atoms with Crippen molar-refractivity contribution in [3.05, 3.63) is 17.2 Å². The van der Waals surface area contributed by atoms with Crippen molar-refractivity contribution in [2.45, 2.75) is 6.92 Å². The fraction of sp³-hybridized carbons (Fsp3) is 0.222. The summed E-state index contributed by atoms with van der Waals surface area (Å²) in [7, 11) is 1.34. The molecule has 0 radical (unpaired) electrons. The van der Waals surface area contributed by atoms with Crippen LogP contribution >= 0.6 is 0 Å². The van der Waals surface area contributed by atoms with Gasteiger partial charge in [0.15, 0.2) is 11.5 Å². The van der Waals surface area contributed by atoms with Gasteiger partial charge in [-0.2, -0.15) is 0 Å². The first-order chi connectivity index (χ1) is 6.49. The summed E-state index contributed by atoms with van der Waals surface area (Å²) in [6.07, 6.45) is 0. The van der Waals surface area contributed by atoms with E-state index in [9.17, 15) is 9.90 Å². The van der Waals surface area contributed by atoms with Gasteiger partial charge in [0.25, 0.3) is 0 Å². The average molecular weight is 197 g/mol. The van der Waals surface area contributed by atoms with Crippen LogP contribution < -0.4 is 10.5 Å². The zero-order chi connectivity index (χ0) is 10.9. The number of carbonyl (C=O) groups is 1. The topological polar surface area (TPSA) is 92.8 Å². The van der Waals surface area contributed by atoms with Crippen LogP contribution in [0.5, 0.6) is 11.5 Å². The first kappa shape index (κ1) is 10.2. The van der Waals surface area contributed by atoms with E-state index in [-0.39, 0.29) is 17.0 Å². The van der Waals surface area contributed by atoms with E-state index in [0.29, 0.717) is 5.56 Å².